The van der Waals surface area contributed by atoms with Crippen LogP contribution < -0.4 is 10.7 Å². The number of halogens is 1. The number of benzene rings is 3. The first-order valence-electron chi connectivity index (χ1n) is 12.1. The van der Waals surface area contributed by atoms with Gasteiger partial charge in [-0.15, -0.1) is 11.3 Å². The molecule has 5 aromatic rings. The molecule has 1 amide bonds. The molecule has 6 nitrogen and oxygen atoms in total. The van der Waals surface area contributed by atoms with Gasteiger partial charge in [-0.2, -0.15) is 5.10 Å². The molecule has 2 N–H and O–H groups in total. The molecular weight excluding hydrogens is 514 g/mol. The van der Waals surface area contributed by atoms with Crippen molar-refractivity contribution in [2.24, 2.45) is 5.10 Å². The van der Waals surface area contributed by atoms with Crippen molar-refractivity contribution in [3.8, 4) is 16.9 Å². The minimum atomic E-state index is -0.278. The molecule has 3 aromatic carbocycles. The van der Waals surface area contributed by atoms with Crippen LogP contribution in [-0.4, -0.2) is 21.7 Å². The van der Waals surface area contributed by atoms with Gasteiger partial charge >= 0.3 is 0 Å². The lowest BCUT2D eigenvalue weighted by molar-refractivity contribution is 0.0955. The average molecular weight is 540 g/mol. The van der Waals surface area contributed by atoms with E-state index in [2.05, 4.69) is 44.5 Å². The van der Waals surface area contributed by atoms with Crippen molar-refractivity contribution in [2.75, 3.05) is 5.32 Å². The van der Waals surface area contributed by atoms with Crippen LogP contribution in [0.3, 0.4) is 0 Å². The largest absolute Gasteiger partial charge is 0.332 e. The molecule has 0 bridgehead atoms. The number of nitrogens with zero attached hydrogens (tertiary/aromatic N) is 3. The molecule has 0 aliphatic heterocycles. The van der Waals surface area contributed by atoms with Gasteiger partial charge in [0.15, 0.2) is 5.13 Å². The van der Waals surface area contributed by atoms with Crippen molar-refractivity contribution in [1.29, 1.82) is 0 Å². The van der Waals surface area contributed by atoms with Crippen LogP contribution in [0.1, 0.15) is 32.9 Å². The summed E-state index contributed by atoms with van der Waals surface area (Å²) in [5.41, 5.74) is 11.2. The summed E-state index contributed by atoms with van der Waals surface area (Å²) in [5, 5.41) is 11.0. The van der Waals surface area contributed by atoms with E-state index < -0.39 is 0 Å². The fourth-order valence-electron chi connectivity index (χ4n) is 4.15. The second-order valence-electron chi connectivity index (χ2n) is 8.94. The Labute approximate surface area is 230 Å². The summed E-state index contributed by atoms with van der Waals surface area (Å²) in [6.45, 7) is 6.11. The maximum Gasteiger partial charge on any atom is 0.271 e. The SMILES string of the molecule is Cc1ccc(Nc2nc(-c3ccc(C(=O)N/N=C\c4cc(C)n(-c5ccc(Cl)cc5)c4C)cc3)cs2)cc1. The zero-order valence-electron chi connectivity index (χ0n) is 21.2. The zero-order valence-corrected chi connectivity index (χ0v) is 22.8. The van der Waals surface area contributed by atoms with Crippen molar-refractivity contribution in [3.05, 3.63) is 117 Å². The number of anilines is 2. The van der Waals surface area contributed by atoms with E-state index in [9.17, 15) is 4.79 Å². The number of aryl methyl sites for hydroxylation is 2. The molecule has 190 valence electrons. The second kappa shape index (κ2) is 11.0. The fraction of sp³-hybridized carbons (Fsp3) is 0.100. The Kier molecular flexibility index (Phi) is 7.40. The fourth-order valence-corrected chi connectivity index (χ4v) is 5.01. The minimum absolute atomic E-state index is 0.278. The van der Waals surface area contributed by atoms with Crippen LogP contribution in [-0.2, 0) is 0 Å². The van der Waals surface area contributed by atoms with E-state index >= 15 is 0 Å². The van der Waals surface area contributed by atoms with Gasteiger partial charge in [0.1, 0.15) is 0 Å². The Bertz CT molecular complexity index is 1600. The zero-order chi connectivity index (χ0) is 26.6. The van der Waals surface area contributed by atoms with Gasteiger partial charge in [-0.1, -0.05) is 41.4 Å². The Morgan fingerprint density at radius 2 is 1.68 bits per heavy atom. The number of hydrogen-bond donors (Lipinski definition) is 2. The summed E-state index contributed by atoms with van der Waals surface area (Å²) in [6, 6.07) is 25.2. The molecule has 5 rings (SSSR count). The smallest absolute Gasteiger partial charge is 0.271 e. The predicted molar refractivity (Wildman–Crippen MR) is 157 cm³/mol. The molecule has 0 aliphatic carbocycles. The van der Waals surface area contributed by atoms with Gasteiger partial charge in [-0.05, 0) is 75.4 Å². The number of rotatable bonds is 7. The van der Waals surface area contributed by atoms with Crippen LogP contribution >= 0.6 is 22.9 Å². The van der Waals surface area contributed by atoms with Crippen molar-refractivity contribution in [1.82, 2.24) is 15.0 Å². The number of nitrogens with one attached hydrogen (secondary N) is 2. The van der Waals surface area contributed by atoms with Gasteiger partial charge in [-0.25, -0.2) is 10.4 Å². The maximum atomic E-state index is 12.7. The van der Waals surface area contributed by atoms with Crippen LogP contribution in [0.4, 0.5) is 10.8 Å². The third kappa shape index (κ3) is 5.69. The van der Waals surface area contributed by atoms with Crippen LogP contribution in [0.5, 0.6) is 0 Å². The lowest BCUT2D eigenvalue weighted by atomic mass is 10.1. The maximum absolute atomic E-state index is 12.7. The number of carbonyl (C=O) groups excluding carboxylic acids is 1. The van der Waals surface area contributed by atoms with Gasteiger partial charge < -0.3 is 9.88 Å². The Hall–Kier alpha value is -4.20. The molecule has 0 fully saturated rings. The summed E-state index contributed by atoms with van der Waals surface area (Å²) < 4.78 is 2.12. The molecule has 38 heavy (non-hydrogen) atoms. The van der Waals surface area contributed by atoms with E-state index in [1.165, 1.54) is 16.9 Å². The molecule has 0 radical (unpaired) electrons. The van der Waals surface area contributed by atoms with Crippen molar-refractivity contribution < 1.29 is 4.79 Å². The summed E-state index contributed by atoms with van der Waals surface area (Å²) in [6.07, 6.45) is 1.67. The molecular formula is C30H26ClN5OS. The number of hydrogen-bond acceptors (Lipinski definition) is 5. The highest BCUT2D eigenvalue weighted by atomic mass is 35.5. The predicted octanol–water partition coefficient (Wildman–Crippen LogP) is 7.69. The van der Waals surface area contributed by atoms with Crippen LogP contribution in [0.15, 0.2) is 89.3 Å². The standard InChI is InChI=1S/C30H26ClN5OS/c1-19-4-12-26(13-5-19)33-30-34-28(18-38-30)22-6-8-23(9-7-22)29(37)35-32-17-24-16-20(2)36(21(24)3)27-14-10-25(31)11-15-27/h4-18H,1-3H3,(H,33,34)(H,35,37)/b32-17-. The summed E-state index contributed by atoms with van der Waals surface area (Å²) in [7, 11) is 0. The monoisotopic (exact) mass is 539 g/mol. The van der Waals surface area contributed by atoms with E-state index in [-0.39, 0.29) is 5.91 Å². The van der Waals surface area contributed by atoms with E-state index in [0.717, 1.165) is 44.7 Å². The quantitative estimate of drug-likeness (QED) is 0.164. The molecule has 2 heterocycles. The first kappa shape index (κ1) is 25.4. The topological polar surface area (TPSA) is 71.3 Å². The Morgan fingerprint density at radius 1 is 0.974 bits per heavy atom. The first-order valence-corrected chi connectivity index (χ1v) is 13.3. The van der Waals surface area contributed by atoms with Gasteiger partial charge in [0.25, 0.3) is 5.91 Å². The third-order valence-corrected chi connectivity index (χ3v) is 7.18. The summed E-state index contributed by atoms with van der Waals surface area (Å²) >= 11 is 7.57. The first-order chi connectivity index (χ1) is 18.4. The molecule has 2 aromatic heterocycles. The molecule has 0 atom stereocenters. The number of thiazole rings is 1. The Morgan fingerprint density at radius 3 is 2.39 bits per heavy atom. The second-order valence-corrected chi connectivity index (χ2v) is 10.2. The van der Waals surface area contributed by atoms with Gasteiger partial charge in [0, 0.05) is 49.9 Å². The lowest BCUT2D eigenvalue weighted by Gasteiger charge is -2.09. The summed E-state index contributed by atoms with van der Waals surface area (Å²) in [5.74, 6) is -0.278. The minimum Gasteiger partial charge on any atom is -0.332 e. The van der Waals surface area contributed by atoms with Crippen molar-refractivity contribution in [2.45, 2.75) is 20.8 Å². The molecule has 0 saturated heterocycles. The number of amides is 1. The molecule has 0 spiro atoms. The van der Waals surface area contributed by atoms with Crippen molar-refractivity contribution in [3.63, 3.8) is 0 Å². The van der Waals surface area contributed by atoms with Crippen LogP contribution in [0.25, 0.3) is 16.9 Å². The third-order valence-electron chi connectivity index (χ3n) is 6.17. The van der Waals surface area contributed by atoms with E-state index in [0.29, 0.717) is 10.6 Å². The number of carbonyl (C=O) groups is 1. The Balaban J connectivity index is 1.22. The van der Waals surface area contributed by atoms with Gasteiger partial charge in [0.2, 0.25) is 0 Å². The highest BCUT2D eigenvalue weighted by Gasteiger charge is 2.11. The molecule has 0 aliphatic rings. The highest BCUT2D eigenvalue weighted by molar-refractivity contribution is 7.14. The van der Waals surface area contributed by atoms with Crippen LogP contribution in [0, 0.1) is 20.8 Å². The van der Waals surface area contributed by atoms with E-state index in [1.807, 2.05) is 73.8 Å². The molecule has 8 heteroatoms. The van der Waals surface area contributed by atoms with Crippen molar-refractivity contribution >= 4 is 45.9 Å². The lowest BCUT2D eigenvalue weighted by Crippen LogP contribution is -2.17. The highest BCUT2D eigenvalue weighted by Crippen LogP contribution is 2.27. The average Bonchev–Trinajstić information content (AvgIpc) is 3.50. The van der Waals surface area contributed by atoms with E-state index in [4.69, 9.17) is 11.6 Å². The van der Waals surface area contributed by atoms with Gasteiger partial charge in [-0.3, -0.25) is 4.79 Å². The molecule has 0 unspecified atom stereocenters. The van der Waals surface area contributed by atoms with Crippen LogP contribution in [0.2, 0.25) is 5.02 Å². The number of hydrazone groups is 1. The van der Waals surface area contributed by atoms with Gasteiger partial charge in [0.05, 0.1) is 11.9 Å². The number of aromatic nitrogens is 2. The summed E-state index contributed by atoms with van der Waals surface area (Å²) in [4.78, 5) is 17.3. The van der Waals surface area contributed by atoms with E-state index in [1.54, 1.807) is 18.3 Å². The normalized spacial score (nSPS) is 11.2. The molecule has 0 saturated carbocycles.